The number of hydrogen-bond acceptors (Lipinski definition) is 1. The molecule has 0 amide bonds. The van der Waals surface area contributed by atoms with Gasteiger partial charge in [0.25, 0.3) is 0 Å². The summed E-state index contributed by atoms with van der Waals surface area (Å²) < 4.78 is 0. The average Bonchev–Trinajstić information content (AvgIpc) is 2.43. The Bertz CT molecular complexity index is 151. The molecular formula is C10H19N. The monoisotopic (exact) mass is 153 g/mol. The van der Waals surface area contributed by atoms with Crippen molar-refractivity contribution in [2.45, 2.75) is 32.7 Å². The van der Waals surface area contributed by atoms with Gasteiger partial charge in [0, 0.05) is 12.6 Å². The number of likely N-dealkylation sites (tertiary alicyclic amines) is 1. The zero-order chi connectivity index (χ0) is 8.01. The molecule has 1 aliphatic heterocycles. The topological polar surface area (TPSA) is 3.24 Å². The number of nitrogens with zero attached hydrogens (tertiary/aromatic N) is 1. The van der Waals surface area contributed by atoms with Crippen LogP contribution in [0.5, 0.6) is 0 Å². The van der Waals surface area contributed by atoms with E-state index in [0.717, 1.165) is 23.8 Å². The number of piperidine rings is 1. The van der Waals surface area contributed by atoms with E-state index in [9.17, 15) is 0 Å². The van der Waals surface area contributed by atoms with E-state index in [1.165, 1.54) is 19.4 Å². The van der Waals surface area contributed by atoms with Crippen molar-refractivity contribution in [3.63, 3.8) is 0 Å². The minimum absolute atomic E-state index is 0.915. The van der Waals surface area contributed by atoms with E-state index in [4.69, 9.17) is 0 Å². The first-order valence-corrected chi connectivity index (χ1v) is 4.88. The highest BCUT2D eigenvalue weighted by atomic mass is 15.2. The van der Waals surface area contributed by atoms with Gasteiger partial charge in [-0.15, -0.1) is 0 Å². The minimum atomic E-state index is 0.915. The summed E-state index contributed by atoms with van der Waals surface area (Å²) in [6.07, 6.45) is 2.96. The molecular weight excluding hydrogens is 134 g/mol. The first-order valence-electron chi connectivity index (χ1n) is 4.88. The molecule has 0 aromatic carbocycles. The van der Waals surface area contributed by atoms with Crippen LogP contribution in [0.1, 0.15) is 26.7 Å². The zero-order valence-corrected chi connectivity index (χ0v) is 7.88. The highest BCUT2D eigenvalue weighted by Crippen LogP contribution is 2.44. The molecule has 1 saturated heterocycles. The molecule has 2 bridgehead atoms. The lowest BCUT2D eigenvalue weighted by molar-refractivity contribution is 0.175. The van der Waals surface area contributed by atoms with Crippen LogP contribution in [0.15, 0.2) is 0 Å². The van der Waals surface area contributed by atoms with Gasteiger partial charge in [0.1, 0.15) is 0 Å². The molecule has 3 atom stereocenters. The molecule has 2 aliphatic rings. The van der Waals surface area contributed by atoms with E-state index in [2.05, 4.69) is 25.8 Å². The van der Waals surface area contributed by atoms with Crippen molar-refractivity contribution >= 4 is 0 Å². The van der Waals surface area contributed by atoms with Crippen LogP contribution >= 0.6 is 0 Å². The van der Waals surface area contributed by atoms with Crippen molar-refractivity contribution < 1.29 is 0 Å². The SMILES string of the molecule is CC(C)C1C[C@@H]2C[C@H]1CN2C. The van der Waals surface area contributed by atoms with Gasteiger partial charge in [-0.1, -0.05) is 13.8 Å². The Kier molecular flexibility index (Phi) is 1.71. The zero-order valence-electron chi connectivity index (χ0n) is 7.88. The maximum Gasteiger partial charge on any atom is 0.00983 e. The second-order valence-electron chi connectivity index (χ2n) is 4.73. The molecule has 0 aromatic rings. The van der Waals surface area contributed by atoms with Crippen LogP contribution in [0, 0.1) is 17.8 Å². The summed E-state index contributed by atoms with van der Waals surface area (Å²) in [6, 6.07) is 0.937. The van der Waals surface area contributed by atoms with Crippen LogP contribution in [0.4, 0.5) is 0 Å². The fourth-order valence-corrected chi connectivity index (χ4v) is 3.03. The van der Waals surface area contributed by atoms with Gasteiger partial charge in [0.15, 0.2) is 0 Å². The van der Waals surface area contributed by atoms with E-state index in [1.807, 2.05) is 0 Å². The first-order chi connectivity index (χ1) is 5.18. The van der Waals surface area contributed by atoms with Crippen LogP contribution in [-0.2, 0) is 0 Å². The van der Waals surface area contributed by atoms with Gasteiger partial charge < -0.3 is 4.90 Å². The summed E-state index contributed by atoms with van der Waals surface area (Å²) >= 11 is 0. The summed E-state index contributed by atoms with van der Waals surface area (Å²) in [7, 11) is 2.28. The number of fused-ring (bicyclic) bond motifs is 2. The standard InChI is InChI=1S/C10H19N/c1-7(2)10-5-9-4-8(10)6-11(9)3/h7-10H,4-6H2,1-3H3/t8-,9-,10?/m0/s1. The van der Waals surface area contributed by atoms with Crippen molar-refractivity contribution in [2.75, 3.05) is 13.6 Å². The van der Waals surface area contributed by atoms with E-state index in [1.54, 1.807) is 0 Å². The molecule has 11 heavy (non-hydrogen) atoms. The Labute approximate surface area is 69.8 Å². The van der Waals surface area contributed by atoms with Gasteiger partial charge in [-0.25, -0.2) is 0 Å². The maximum atomic E-state index is 2.55. The van der Waals surface area contributed by atoms with Gasteiger partial charge in [-0.2, -0.15) is 0 Å². The quantitative estimate of drug-likeness (QED) is 0.557. The molecule has 0 radical (unpaired) electrons. The molecule has 1 saturated carbocycles. The highest BCUT2D eigenvalue weighted by molar-refractivity contribution is 4.96. The van der Waals surface area contributed by atoms with E-state index >= 15 is 0 Å². The maximum absolute atomic E-state index is 2.55. The summed E-state index contributed by atoms with van der Waals surface area (Å²) in [5.41, 5.74) is 0. The largest absolute Gasteiger partial charge is 0.303 e. The molecule has 2 rings (SSSR count). The Morgan fingerprint density at radius 2 is 2.00 bits per heavy atom. The summed E-state index contributed by atoms with van der Waals surface area (Å²) in [4.78, 5) is 2.55. The lowest BCUT2D eigenvalue weighted by atomic mass is 9.85. The second kappa shape index (κ2) is 2.48. The predicted molar refractivity (Wildman–Crippen MR) is 47.5 cm³/mol. The van der Waals surface area contributed by atoms with E-state index in [0.29, 0.717) is 0 Å². The Hall–Kier alpha value is -0.0400. The molecule has 1 unspecified atom stereocenters. The number of hydrogen-bond donors (Lipinski definition) is 0. The molecule has 1 nitrogen and oxygen atoms in total. The minimum Gasteiger partial charge on any atom is -0.303 e. The van der Waals surface area contributed by atoms with Gasteiger partial charge >= 0.3 is 0 Å². The Morgan fingerprint density at radius 3 is 2.36 bits per heavy atom. The molecule has 1 heterocycles. The molecule has 0 aromatic heterocycles. The van der Waals surface area contributed by atoms with Crippen LogP contribution in [-0.4, -0.2) is 24.5 Å². The third kappa shape index (κ3) is 1.10. The molecule has 64 valence electrons. The van der Waals surface area contributed by atoms with Crippen LogP contribution in [0.25, 0.3) is 0 Å². The lowest BCUT2D eigenvalue weighted by Crippen LogP contribution is -2.33. The molecule has 1 aliphatic carbocycles. The summed E-state index contributed by atoms with van der Waals surface area (Å²) in [6.45, 7) is 6.13. The molecule has 2 fully saturated rings. The van der Waals surface area contributed by atoms with E-state index in [-0.39, 0.29) is 0 Å². The number of rotatable bonds is 1. The van der Waals surface area contributed by atoms with Crippen LogP contribution in [0.3, 0.4) is 0 Å². The van der Waals surface area contributed by atoms with Gasteiger partial charge in [0.05, 0.1) is 0 Å². The van der Waals surface area contributed by atoms with Crippen molar-refractivity contribution in [2.24, 2.45) is 17.8 Å². The van der Waals surface area contributed by atoms with Gasteiger partial charge in [0.2, 0.25) is 0 Å². The highest BCUT2D eigenvalue weighted by Gasteiger charge is 2.43. The molecule has 1 heteroatoms. The van der Waals surface area contributed by atoms with Crippen molar-refractivity contribution in [1.29, 1.82) is 0 Å². The van der Waals surface area contributed by atoms with Gasteiger partial charge in [-0.05, 0) is 37.6 Å². The molecule has 0 N–H and O–H groups in total. The second-order valence-corrected chi connectivity index (χ2v) is 4.73. The van der Waals surface area contributed by atoms with Crippen LogP contribution < -0.4 is 0 Å². The summed E-state index contributed by atoms with van der Waals surface area (Å²) in [5.74, 6) is 2.99. The lowest BCUT2D eigenvalue weighted by Gasteiger charge is -2.30. The Balaban J connectivity index is 2.02. The summed E-state index contributed by atoms with van der Waals surface area (Å²) in [5, 5.41) is 0. The third-order valence-electron chi connectivity index (χ3n) is 3.73. The van der Waals surface area contributed by atoms with Crippen molar-refractivity contribution in [1.82, 2.24) is 4.90 Å². The van der Waals surface area contributed by atoms with E-state index < -0.39 is 0 Å². The van der Waals surface area contributed by atoms with Crippen molar-refractivity contribution in [3.05, 3.63) is 0 Å². The first kappa shape index (κ1) is 7.60. The smallest absolute Gasteiger partial charge is 0.00983 e. The van der Waals surface area contributed by atoms with Crippen LogP contribution in [0.2, 0.25) is 0 Å². The normalized spacial score (nSPS) is 44.2. The predicted octanol–water partition coefficient (Wildman–Crippen LogP) is 1.98. The third-order valence-corrected chi connectivity index (χ3v) is 3.73. The fourth-order valence-electron chi connectivity index (χ4n) is 3.03. The average molecular weight is 153 g/mol. The Morgan fingerprint density at radius 1 is 1.27 bits per heavy atom. The van der Waals surface area contributed by atoms with Crippen molar-refractivity contribution in [3.8, 4) is 0 Å². The fraction of sp³-hybridized carbons (Fsp3) is 1.00. The molecule has 0 spiro atoms. The van der Waals surface area contributed by atoms with Gasteiger partial charge in [-0.3, -0.25) is 0 Å².